The van der Waals surface area contributed by atoms with E-state index in [4.69, 9.17) is 16.1 Å². The summed E-state index contributed by atoms with van der Waals surface area (Å²) in [4.78, 5) is 16.7. The van der Waals surface area contributed by atoms with Gasteiger partial charge in [0, 0.05) is 12.6 Å². The second-order valence-electron chi connectivity index (χ2n) is 6.89. The SMILES string of the molecule is Cc1ccccc1-c1noc(CN(C)S(=O)(=O)c2nnc(NC(=O)c3ccccc3Cl)s2)n1. The first-order chi connectivity index (χ1) is 15.8. The van der Waals surface area contributed by atoms with E-state index in [0.29, 0.717) is 5.82 Å². The number of carbonyl (C=O) groups is 1. The van der Waals surface area contributed by atoms with Crippen molar-refractivity contribution in [2.24, 2.45) is 0 Å². The number of carbonyl (C=O) groups excluding carboxylic acids is 1. The summed E-state index contributed by atoms with van der Waals surface area (Å²) < 4.78 is 31.7. The maximum atomic E-state index is 12.9. The van der Waals surface area contributed by atoms with Crippen molar-refractivity contribution in [3.8, 4) is 11.4 Å². The number of aromatic nitrogens is 4. The summed E-state index contributed by atoms with van der Waals surface area (Å²) in [5.74, 6) is -0.0332. The number of benzene rings is 2. The highest BCUT2D eigenvalue weighted by Gasteiger charge is 2.28. The third-order valence-corrected chi connectivity index (χ3v) is 7.91. The fourth-order valence-corrected chi connectivity index (χ4v) is 5.26. The molecule has 4 rings (SSSR count). The fourth-order valence-electron chi connectivity index (χ4n) is 2.84. The van der Waals surface area contributed by atoms with Gasteiger partial charge in [-0.25, -0.2) is 8.42 Å². The molecule has 33 heavy (non-hydrogen) atoms. The number of halogens is 1. The van der Waals surface area contributed by atoms with Gasteiger partial charge in [0.15, 0.2) is 0 Å². The van der Waals surface area contributed by atoms with Crippen molar-refractivity contribution >= 4 is 44.0 Å². The molecule has 0 fully saturated rings. The van der Waals surface area contributed by atoms with Gasteiger partial charge in [-0.3, -0.25) is 10.1 Å². The molecule has 2 aromatic carbocycles. The van der Waals surface area contributed by atoms with Gasteiger partial charge in [0.05, 0.1) is 17.1 Å². The van der Waals surface area contributed by atoms with Crippen LogP contribution in [0.15, 0.2) is 57.4 Å². The van der Waals surface area contributed by atoms with Crippen molar-refractivity contribution in [2.45, 2.75) is 17.8 Å². The van der Waals surface area contributed by atoms with E-state index in [1.54, 1.807) is 24.3 Å². The van der Waals surface area contributed by atoms with E-state index < -0.39 is 15.9 Å². The molecule has 10 nitrogen and oxygen atoms in total. The zero-order chi connectivity index (χ0) is 23.6. The molecule has 2 heterocycles. The van der Waals surface area contributed by atoms with Gasteiger partial charge >= 0.3 is 0 Å². The van der Waals surface area contributed by atoms with Crippen molar-refractivity contribution in [3.63, 3.8) is 0 Å². The Morgan fingerprint density at radius 2 is 1.88 bits per heavy atom. The summed E-state index contributed by atoms with van der Waals surface area (Å²) >= 11 is 6.73. The third kappa shape index (κ3) is 4.93. The first-order valence-corrected chi connectivity index (χ1v) is 12.1. The van der Waals surface area contributed by atoms with Gasteiger partial charge < -0.3 is 4.52 Å². The molecule has 0 bridgehead atoms. The summed E-state index contributed by atoms with van der Waals surface area (Å²) in [5.41, 5.74) is 1.99. The maximum absolute atomic E-state index is 12.9. The van der Waals surface area contributed by atoms with Crippen molar-refractivity contribution in [1.29, 1.82) is 0 Å². The van der Waals surface area contributed by atoms with Crippen LogP contribution in [0.5, 0.6) is 0 Å². The van der Waals surface area contributed by atoms with Gasteiger partial charge in [0.2, 0.25) is 21.2 Å². The lowest BCUT2D eigenvalue weighted by molar-refractivity contribution is 0.102. The van der Waals surface area contributed by atoms with E-state index >= 15 is 0 Å². The molecule has 4 aromatic rings. The Balaban J connectivity index is 1.47. The molecule has 0 saturated carbocycles. The minimum Gasteiger partial charge on any atom is -0.338 e. The van der Waals surface area contributed by atoms with E-state index in [1.165, 1.54) is 7.05 Å². The Kier molecular flexibility index (Phi) is 6.51. The molecule has 0 unspecified atom stereocenters. The highest BCUT2D eigenvalue weighted by molar-refractivity contribution is 7.91. The zero-order valence-corrected chi connectivity index (χ0v) is 19.8. The van der Waals surface area contributed by atoms with Gasteiger partial charge in [-0.2, -0.15) is 9.29 Å². The number of sulfonamides is 1. The Morgan fingerprint density at radius 1 is 1.15 bits per heavy atom. The second-order valence-corrected chi connectivity index (χ2v) is 10.5. The predicted octanol–water partition coefficient (Wildman–Crippen LogP) is 3.62. The van der Waals surface area contributed by atoms with Gasteiger partial charge in [-0.1, -0.05) is 64.5 Å². The summed E-state index contributed by atoms with van der Waals surface area (Å²) in [6, 6.07) is 14.0. The molecule has 0 radical (unpaired) electrons. The van der Waals surface area contributed by atoms with E-state index in [9.17, 15) is 13.2 Å². The van der Waals surface area contributed by atoms with Crippen molar-refractivity contribution < 1.29 is 17.7 Å². The smallest absolute Gasteiger partial charge is 0.272 e. The van der Waals surface area contributed by atoms with Gasteiger partial charge in [-0.15, -0.1) is 10.2 Å². The van der Waals surface area contributed by atoms with Crippen LogP contribution in [-0.4, -0.2) is 46.0 Å². The molecule has 0 atom stereocenters. The largest absolute Gasteiger partial charge is 0.338 e. The van der Waals surface area contributed by atoms with E-state index in [0.717, 1.165) is 26.8 Å². The number of nitrogens with one attached hydrogen (secondary N) is 1. The normalized spacial score (nSPS) is 11.6. The van der Waals surface area contributed by atoms with E-state index in [-0.39, 0.29) is 32.5 Å². The van der Waals surface area contributed by atoms with Crippen LogP contribution in [0.4, 0.5) is 5.13 Å². The average Bonchev–Trinajstić information content (AvgIpc) is 3.44. The van der Waals surface area contributed by atoms with E-state index in [1.807, 2.05) is 31.2 Å². The van der Waals surface area contributed by atoms with Crippen LogP contribution in [0.3, 0.4) is 0 Å². The number of hydrogen-bond acceptors (Lipinski definition) is 9. The summed E-state index contributed by atoms with van der Waals surface area (Å²) in [6.45, 7) is 1.75. The molecule has 0 saturated heterocycles. The molecule has 0 spiro atoms. The second kappa shape index (κ2) is 9.35. The molecular formula is C20H17ClN6O4S2. The molecule has 1 amide bonds. The Morgan fingerprint density at radius 3 is 2.64 bits per heavy atom. The molecule has 170 valence electrons. The summed E-state index contributed by atoms with van der Waals surface area (Å²) in [7, 11) is -2.66. The molecule has 0 aliphatic carbocycles. The minimum atomic E-state index is -4.02. The van der Waals surface area contributed by atoms with Crippen LogP contribution in [0.25, 0.3) is 11.4 Å². The number of rotatable bonds is 7. The lowest BCUT2D eigenvalue weighted by Gasteiger charge is -2.11. The minimum absolute atomic E-state index is 0.0199. The first-order valence-electron chi connectivity index (χ1n) is 9.50. The number of nitrogens with zero attached hydrogens (tertiary/aromatic N) is 5. The first kappa shape index (κ1) is 23.0. The number of hydrogen-bond donors (Lipinski definition) is 1. The van der Waals surface area contributed by atoms with Crippen LogP contribution >= 0.6 is 22.9 Å². The monoisotopic (exact) mass is 504 g/mol. The van der Waals surface area contributed by atoms with Crippen LogP contribution in [0.1, 0.15) is 21.8 Å². The number of aryl methyl sites for hydroxylation is 1. The molecule has 1 N–H and O–H groups in total. The highest BCUT2D eigenvalue weighted by atomic mass is 35.5. The maximum Gasteiger partial charge on any atom is 0.272 e. The molecule has 0 aliphatic rings. The Bertz CT molecular complexity index is 1420. The Hall–Kier alpha value is -3.19. The average molecular weight is 505 g/mol. The summed E-state index contributed by atoms with van der Waals surface area (Å²) in [6.07, 6.45) is 0. The van der Waals surface area contributed by atoms with Crippen molar-refractivity contribution in [2.75, 3.05) is 12.4 Å². The molecule has 0 aliphatic heterocycles. The topological polar surface area (TPSA) is 131 Å². The van der Waals surface area contributed by atoms with Crippen LogP contribution < -0.4 is 5.32 Å². The quantitative estimate of drug-likeness (QED) is 0.377. The molecule has 2 aromatic heterocycles. The highest BCUT2D eigenvalue weighted by Crippen LogP contribution is 2.26. The zero-order valence-electron chi connectivity index (χ0n) is 17.4. The van der Waals surface area contributed by atoms with Crippen molar-refractivity contribution in [3.05, 3.63) is 70.6 Å². The van der Waals surface area contributed by atoms with Gasteiger partial charge in [0.25, 0.3) is 15.9 Å². The van der Waals surface area contributed by atoms with Crippen molar-refractivity contribution in [1.82, 2.24) is 24.6 Å². The summed E-state index contributed by atoms with van der Waals surface area (Å²) in [5, 5.41) is 14.2. The lowest BCUT2D eigenvalue weighted by Crippen LogP contribution is -2.26. The standard InChI is InChI=1S/C20H17ClN6O4S2/c1-12-7-3-4-8-13(12)17-22-16(31-26-17)11-27(2)33(29,30)20-25-24-19(32-20)23-18(28)14-9-5-6-10-15(14)21/h3-10H,11H2,1-2H3,(H,23,24,28). The van der Waals surface area contributed by atoms with Crippen LogP contribution in [-0.2, 0) is 16.6 Å². The van der Waals surface area contributed by atoms with E-state index in [2.05, 4.69) is 25.7 Å². The fraction of sp³-hybridized carbons (Fsp3) is 0.150. The van der Waals surface area contributed by atoms with Gasteiger partial charge in [0.1, 0.15) is 0 Å². The lowest BCUT2D eigenvalue weighted by atomic mass is 10.1. The van der Waals surface area contributed by atoms with Gasteiger partial charge in [-0.05, 0) is 24.6 Å². The van der Waals surface area contributed by atoms with Crippen LogP contribution in [0.2, 0.25) is 5.02 Å². The molecule has 13 heteroatoms. The molecular weight excluding hydrogens is 488 g/mol. The number of anilines is 1. The number of amides is 1. The third-order valence-electron chi connectivity index (χ3n) is 4.59. The Labute approximate surface area is 198 Å². The predicted molar refractivity (Wildman–Crippen MR) is 122 cm³/mol. The van der Waals surface area contributed by atoms with Crippen LogP contribution in [0, 0.1) is 6.92 Å².